The summed E-state index contributed by atoms with van der Waals surface area (Å²) in [6.07, 6.45) is 2.46. The van der Waals surface area contributed by atoms with Gasteiger partial charge < -0.3 is 14.7 Å². The molecule has 1 aliphatic carbocycles. The van der Waals surface area contributed by atoms with Crippen molar-refractivity contribution in [3.8, 4) is 0 Å². The van der Waals surface area contributed by atoms with E-state index in [1.54, 1.807) is 0 Å². The predicted octanol–water partition coefficient (Wildman–Crippen LogP) is 3.43. The van der Waals surface area contributed by atoms with Crippen molar-refractivity contribution in [2.24, 2.45) is 10.4 Å². The molecule has 1 aliphatic heterocycles. The maximum absolute atomic E-state index is 12.3. The third kappa shape index (κ3) is 3.67. The molecule has 0 unspecified atom stereocenters. The summed E-state index contributed by atoms with van der Waals surface area (Å²) in [5.74, 6) is 0.0974. The molecule has 128 valence electrons. The Hall–Kier alpha value is -2.14. The molecule has 0 bridgehead atoms. The van der Waals surface area contributed by atoms with Gasteiger partial charge in [0.1, 0.15) is 5.76 Å². The molecule has 0 saturated carbocycles. The van der Waals surface area contributed by atoms with Crippen LogP contribution in [0.1, 0.15) is 26.7 Å². The minimum Gasteiger partial charge on any atom is -0.511 e. The largest absolute Gasteiger partial charge is 0.511 e. The second kappa shape index (κ2) is 6.77. The maximum atomic E-state index is 12.3. The molecule has 0 spiro atoms. The number of benzene rings is 1. The summed E-state index contributed by atoms with van der Waals surface area (Å²) in [7, 11) is 0. The first-order valence-corrected chi connectivity index (χ1v) is 8.37. The Bertz CT molecular complexity index is 686. The minimum atomic E-state index is -0.190. The number of ether oxygens (including phenoxy) is 1. The molecule has 1 aromatic carbocycles. The minimum absolute atomic E-state index is 0.0450. The zero-order valence-electron chi connectivity index (χ0n) is 14.3. The van der Waals surface area contributed by atoms with Gasteiger partial charge in [0.05, 0.1) is 30.2 Å². The lowest BCUT2D eigenvalue weighted by atomic mass is 9.77. The zero-order valence-corrected chi connectivity index (χ0v) is 14.3. The SMILES string of the molecule is CC1(C)CC(=O)C(C=Nc2ccccc2N2CCOCC2)=C(O)C1. The van der Waals surface area contributed by atoms with E-state index in [2.05, 4.69) is 9.89 Å². The van der Waals surface area contributed by atoms with Gasteiger partial charge in [-0.2, -0.15) is 0 Å². The Morgan fingerprint density at radius 2 is 1.92 bits per heavy atom. The van der Waals surface area contributed by atoms with E-state index >= 15 is 0 Å². The number of hydrogen-bond donors (Lipinski definition) is 1. The molecule has 1 aromatic rings. The number of nitrogens with zero attached hydrogens (tertiary/aromatic N) is 2. The monoisotopic (exact) mass is 328 g/mol. The summed E-state index contributed by atoms with van der Waals surface area (Å²) in [6, 6.07) is 7.86. The van der Waals surface area contributed by atoms with Crippen molar-refractivity contribution in [2.45, 2.75) is 26.7 Å². The molecule has 2 aliphatic rings. The number of morpholine rings is 1. The first-order chi connectivity index (χ1) is 11.5. The molecule has 24 heavy (non-hydrogen) atoms. The van der Waals surface area contributed by atoms with Gasteiger partial charge in [-0.1, -0.05) is 26.0 Å². The van der Waals surface area contributed by atoms with Crippen molar-refractivity contribution < 1.29 is 14.6 Å². The van der Waals surface area contributed by atoms with Gasteiger partial charge >= 0.3 is 0 Å². The molecule has 1 saturated heterocycles. The number of aliphatic imine (C=N–C) groups is 1. The Morgan fingerprint density at radius 3 is 2.62 bits per heavy atom. The number of hydrogen-bond acceptors (Lipinski definition) is 5. The number of ketones is 1. The second-order valence-corrected chi connectivity index (χ2v) is 7.15. The van der Waals surface area contributed by atoms with Crippen LogP contribution in [0.25, 0.3) is 0 Å². The summed E-state index contributed by atoms with van der Waals surface area (Å²) in [6.45, 7) is 7.04. The fourth-order valence-electron chi connectivity index (χ4n) is 3.23. The van der Waals surface area contributed by atoms with Crippen molar-refractivity contribution in [1.29, 1.82) is 0 Å². The van der Waals surface area contributed by atoms with E-state index in [9.17, 15) is 9.90 Å². The number of carbonyl (C=O) groups excluding carboxylic acids is 1. The van der Waals surface area contributed by atoms with E-state index in [1.165, 1.54) is 6.21 Å². The lowest BCUT2D eigenvalue weighted by molar-refractivity contribution is -0.117. The van der Waals surface area contributed by atoms with E-state index in [4.69, 9.17) is 4.74 Å². The maximum Gasteiger partial charge on any atom is 0.168 e. The molecule has 0 aromatic heterocycles. The van der Waals surface area contributed by atoms with E-state index in [0.29, 0.717) is 31.6 Å². The van der Waals surface area contributed by atoms with Crippen LogP contribution in [0.5, 0.6) is 0 Å². The number of para-hydroxylation sites is 2. The first kappa shape index (κ1) is 16.7. The van der Waals surface area contributed by atoms with Crippen LogP contribution in [-0.4, -0.2) is 43.4 Å². The molecule has 0 amide bonds. The van der Waals surface area contributed by atoms with Crippen molar-refractivity contribution >= 4 is 23.4 Å². The van der Waals surface area contributed by atoms with Crippen LogP contribution in [-0.2, 0) is 9.53 Å². The highest BCUT2D eigenvalue weighted by Crippen LogP contribution is 2.36. The summed E-state index contributed by atoms with van der Waals surface area (Å²) in [4.78, 5) is 19.0. The molecule has 1 fully saturated rings. The average Bonchev–Trinajstić information content (AvgIpc) is 2.54. The normalized spacial score (nSPS) is 21.6. The van der Waals surface area contributed by atoms with Crippen LogP contribution in [0.2, 0.25) is 0 Å². The van der Waals surface area contributed by atoms with Crippen LogP contribution in [0.4, 0.5) is 11.4 Å². The van der Waals surface area contributed by atoms with Crippen LogP contribution >= 0.6 is 0 Å². The van der Waals surface area contributed by atoms with Crippen molar-refractivity contribution in [2.75, 3.05) is 31.2 Å². The molecule has 1 N–H and O–H groups in total. The third-order valence-corrected chi connectivity index (χ3v) is 4.46. The molecule has 0 radical (unpaired) electrons. The van der Waals surface area contributed by atoms with Gasteiger partial charge in [-0.3, -0.25) is 9.79 Å². The predicted molar refractivity (Wildman–Crippen MR) is 95.3 cm³/mol. The third-order valence-electron chi connectivity index (χ3n) is 4.46. The number of anilines is 1. The molecule has 1 heterocycles. The molecular formula is C19H24N2O3. The molecule has 5 nitrogen and oxygen atoms in total. The van der Waals surface area contributed by atoms with E-state index in [1.807, 2.05) is 38.1 Å². The smallest absolute Gasteiger partial charge is 0.168 e. The van der Waals surface area contributed by atoms with Gasteiger partial charge in [-0.25, -0.2) is 0 Å². The van der Waals surface area contributed by atoms with Gasteiger partial charge in [-0.05, 0) is 17.5 Å². The fourth-order valence-corrected chi connectivity index (χ4v) is 3.23. The van der Waals surface area contributed by atoms with E-state index < -0.39 is 0 Å². The second-order valence-electron chi connectivity index (χ2n) is 7.15. The molecule has 5 heteroatoms. The summed E-state index contributed by atoms with van der Waals surface area (Å²) in [5, 5.41) is 10.2. The highest BCUT2D eigenvalue weighted by atomic mass is 16.5. The fraction of sp³-hybridized carbons (Fsp3) is 0.474. The average molecular weight is 328 g/mol. The number of allylic oxidation sites excluding steroid dienone is 2. The van der Waals surface area contributed by atoms with Crippen molar-refractivity contribution in [1.82, 2.24) is 0 Å². The van der Waals surface area contributed by atoms with Gasteiger partial charge in [0, 0.05) is 32.1 Å². The topological polar surface area (TPSA) is 62.1 Å². The summed E-state index contributed by atoms with van der Waals surface area (Å²) >= 11 is 0. The van der Waals surface area contributed by atoms with Gasteiger partial charge in [-0.15, -0.1) is 0 Å². The lowest BCUT2D eigenvalue weighted by Gasteiger charge is -2.30. The van der Waals surface area contributed by atoms with Crippen LogP contribution in [0, 0.1) is 5.41 Å². The Kier molecular flexibility index (Phi) is 4.71. The standard InChI is InChI=1S/C19H24N2O3/c1-19(2)11-17(22)14(18(23)12-19)13-20-15-5-3-4-6-16(15)21-7-9-24-10-8-21/h3-6,13,22H,7-12H2,1-2H3. The molecular weight excluding hydrogens is 304 g/mol. The number of rotatable bonds is 3. The molecule has 0 atom stereocenters. The van der Waals surface area contributed by atoms with Crippen LogP contribution in [0.3, 0.4) is 0 Å². The van der Waals surface area contributed by atoms with Gasteiger partial charge in [0.15, 0.2) is 5.78 Å². The first-order valence-electron chi connectivity index (χ1n) is 8.37. The summed E-state index contributed by atoms with van der Waals surface area (Å²) < 4.78 is 5.40. The van der Waals surface area contributed by atoms with Crippen LogP contribution < -0.4 is 4.90 Å². The number of aliphatic hydroxyl groups excluding tert-OH is 1. The summed E-state index contributed by atoms with van der Waals surface area (Å²) in [5.41, 5.74) is 1.98. The van der Waals surface area contributed by atoms with Crippen molar-refractivity contribution in [3.63, 3.8) is 0 Å². The van der Waals surface area contributed by atoms with Crippen molar-refractivity contribution in [3.05, 3.63) is 35.6 Å². The quantitative estimate of drug-likeness (QED) is 0.864. The number of Topliss-reactive ketones (excluding diaryl/α,β-unsaturated/α-hetero) is 1. The van der Waals surface area contributed by atoms with Crippen LogP contribution in [0.15, 0.2) is 40.6 Å². The lowest BCUT2D eigenvalue weighted by Crippen LogP contribution is -2.36. The van der Waals surface area contributed by atoms with E-state index in [-0.39, 0.29) is 17.0 Å². The number of carbonyl (C=O) groups is 1. The Morgan fingerprint density at radius 1 is 1.21 bits per heavy atom. The Balaban J connectivity index is 1.86. The highest BCUT2D eigenvalue weighted by Gasteiger charge is 2.32. The van der Waals surface area contributed by atoms with Gasteiger partial charge in [0.25, 0.3) is 0 Å². The van der Waals surface area contributed by atoms with E-state index in [0.717, 1.165) is 24.5 Å². The zero-order chi connectivity index (χ0) is 17.2. The highest BCUT2D eigenvalue weighted by molar-refractivity contribution is 6.15. The molecule has 3 rings (SSSR count). The van der Waals surface area contributed by atoms with Gasteiger partial charge in [0.2, 0.25) is 0 Å². The number of aliphatic hydroxyl groups is 1. The Labute approximate surface area is 142 Å².